The number of aryl methyl sites for hydroxylation is 1. The number of carbonyl (C=O) groups is 1. The average molecular weight is 400 g/mol. The lowest BCUT2D eigenvalue weighted by atomic mass is 10.2. The van der Waals surface area contributed by atoms with Crippen LogP contribution in [-0.2, 0) is 11.3 Å². The Kier molecular flexibility index (Phi) is 6.16. The largest absolute Gasteiger partial charge is 0.325 e. The highest BCUT2D eigenvalue weighted by Gasteiger charge is 2.13. The summed E-state index contributed by atoms with van der Waals surface area (Å²) in [6.07, 6.45) is 0. The maximum absolute atomic E-state index is 13.8. The zero-order valence-electron chi connectivity index (χ0n) is 12.9. The fourth-order valence-corrected chi connectivity index (χ4v) is 2.91. The number of halogens is 3. The van der Waals surface area contributed by atoms with E-state index < -0.39 is 0 Å². The van der Waals surface area contributed by atoms with Gasteiger partial charge in [-0.2, -0.15) is 0 Å². The highest BCUT2D eigenvalue weighted by Crippen LogP contribution is 2.21. The number of likely N-dealkylation sites (N-methyl/N-ethyl adjacent to an activating group) is 1. The van der Waals surface area contributed by atoms with Crippen LogP contribution in [-0.4, -0.2) is 24.4 Å². The molecule has 0 unspecified atom stereocenters. The van der Waals surface area contributed by atoms with Crippen molar-refractivity contribution in [1.82, 2.24) is 4.90 Å². The summed E-state index contributed by atoms with van der Waals surface area (Å²) in [6, 6.07) is 10.2. The number of rotatable bonds is 5. The summed E-state index contributed by atoms with van der Waals surface area (Å²) >= 11 is 9.39. The van der Waals surface area contributed by atoms with E-state index in [1.54, 1.807) is 24.1 Å². The van der Waals surface area contributed by atoms with Gasteiger partial charge in [0.2, 0.25) is 5.91 Å². The summed E-state index contributed by atoms with van der Waals surface area (Å²) in [4.78, 5) is 13.8. The SMILES string of the molecule is Cc1cc(Br)ccc1NC(=O)CN(C)Cc1c(F)cccc1Cl. The first-order chi connectivity index (χ1) is 10.9. The summed E-state index contributed by atoms with van der Waals surface area (Å²) in [5.41, 5.74) is 2.12. The molecule has 0 saturated heterocycles. The predicted molar refractivity (Wildman–Crippen MR) is 95.3 cm³/mol. The topological polar surface area (TPSA) is 32.3 Å². The average Bonchev–Trinajstić information content (AvgIpc) is 2.46. The molecule has 0 aliphatic carbocycles. The number of anilines is 1. The summed E-state index contributed by atoms with van der Waals surface area (Å²) < 4.78 is 14.7. The smallest absolute Gasteiger partial charge is 0.238 e. The lowest BCUT2D eigenvalue weighted by molar-refractivity contribution is -0.117. The molecule has 1 N–H and O–H groups in total. The first kappa shape index (κ1) is 17.9. The van der Waals surface area contributed by atoms with Gasteiger partial charge in [0.05, 0.1) is 6.54 Å². The lowest BCUT2D eigenvalue weighted by Crippen LogP contribution is -2.30. The first-order valence-electron chi connectivity index (χ1n) is 7.04. The van der Waals surface area contributed by atoms with Crippen LogP contribution in [0, 0.1) is 12.7 Å². The third-order valence-corrected chi connectivity index (χ3v) is 4.21. The molecule has 23 heavy (non-hydrogen) atoms. The van der Waals surface area contributed by atoms with Gasteiger partial charge in [0.1, 0.15) is 5.82 Å². The maximum Gasteiger partial charge on any atom is 0.238 e. The van der Waals surface area contributed by atoms with Crippen molar-refractivity contribution >= 4 is 39.1 Å². The number of nitrogens with one attached hydrogen (secondary N) is 1. The first-order valence-corrected chi connectivity index (χ1v) is 8.21. The summed E-state index contributed by atoms with van der Waals surface area (Å²) in [5, 5.41) is 3.22. The molecular weight excluding hydrogens is 383 g/mol. The standard InChI is InChI=1S/C17H17BrClFN2O/c1-11-8-12(18)6-7-16(11)21-17(23)10-22(2)9-13-14(19)4-3-5-15(13)20/h3-8H,9-10H2,1-2H3,(H,21,23). The Labute approximate surface area is 148 Å². The van der Waals surface area contributed by atoms with Crippen LogP contribution in [0.1, 0.15) is 11.1 Å². The molecule has 0 bridgehead atoms. The van der Waals surface area contributed by atoms with Gasteiger partial charge in [-0.3, -0.25) is 9.69 Å². The van der Waals surface area contributed by atoms with Gasteiger partial charge in [0, 0.05) is 27.3 Å². The lowest BCUT2D eigenvalue weighted by Gasteiger charge is -2.18. The molecule has 0 heterocycles. The quantitative estimate of drug-likeness (QED) is 0.795. The molecule has 0 fully saturated rings. The summed E-state index contributed by atoms with van der Waals surface area (Å²) in [6.45, 7) is 2.32. The monoisotopic (exact) mass is 398 g/mol. The van der Waals surface area contributed by atoms with Gasteiger partial charge in [0.15, 0.2) is 0 Å². The molecule has 0 atom stereocenters. The summed E-state index contributed by atoms with van der Waals surface area (Å²) in [7, 11) is 1.75. The zero-order valence-corrected chi connectivity index (χ0v) is 15.2. The van der Waals surface area contributed by atoms with E-state index in [9.17, 15) is 9.18 Å². The fourth-order valence-electron chi connectivity index (χ4n) is 2.21. The second-order valence-corrected chi connectivity index (χ2v) is 6.70. The Morgan fingerprint density at radius 3 is 2.74 bits per heavy atom. The van der Waals surface area contributed by atoms with E-state index >= 15 is 0 Å². The predicted octanol–water partition coefficient (Wildman–Crippen LogP) is 4.62. The third kappa shape index (κ3) is 5.03. The van der Waals surface area contributed by atoms with Crippen molar-refractivity contribution in [2.45, 2.75) is 13.5 Å². The third-order valence-electron chi connectivity index (χ3n) is 3.37. The van der Waals surface area contributed by atoms with Crippen LogP contribution in [0.15, 0.2) is 40.9 Å². The van der Waals surface area contributed by atoms with Crippen LogP contribution in [0.2, 0.25) is 5.02 Å². The van der Waals surface area contributed by atoms with Gasteiger partial charge in [-0.25, -0.2) is 4.39 Å². The van der Waals surface area contributed by atoms with Crippen LogP contribution in [0.5, 0.6) is 0 Å². The molecule has 6 heteroatoms. The maximum atomic E-state index is 13.8. The van der Waals surface area contributed by atoms with Crippen LogP contribution in [0.4, 0.5) is 10.1 Å². The van der Waals surface area contributed by atoms with Crippen molar-refractivity contribution in [1.29, 1.82) is 0 Å². The number of carbonyl (C=O) groups excluding carboxylic acids is 1. The van der Waals surface area contributed by atoms with Crippen LogP contribution in [0.25, 0.3) is 0 Å². The number of nitrogens with zero attached hydrogens (tertiary/aromatic N) is 1. The molecule has 1 amide bonds. The molecule has 2 rings (SSSR count). The van der Waals surface area contributed by atoms with E-state index in [1.165, 1.54) is 6.07 Å². The molecule has 0 aromatic heterocycles. The molecule has 0 radical (unpaired) electrons. The van der Waals surface area contributed by atoms with Crippen molar-refractivity contribution in [3.05, 3.63) is 62.8 Å². The van der Waals surface area contributed by atoms with E-state index in [2.05, 4.69) is 21.2 Å². The molecule has 2 aromatic carbocycles. The normalized spacial score (nSPS) is 10.9. The molecule has 122 valence electrons. The minimum Gasteiger partial charge on any atom is -0.325 e. The van der Waals surface area contributed by atoms with Gasteiger partial charge in [0.25, 0.3) is 0 Å². The van der Waals surface area contributed by atoms with Gasteiger partial charge in [-0.05, 0) is 49.9 Å². The Balaban J connectivity index is 1.97. The Hall–Kier alpha value is -1.43. The van der Waals surface area contributed by atoms with Crippen molar-refractivity contribution in [3.63, 3.8) is 0 Å². The van der Waals surface area contributed by atoms with Crippen molar-refractivity contribution in [3.8, 4) is 0 Å². The Bertz CT molecular complexity index is 703. The fraction of sp³-hybridized carbons (Fsp3) is 0.235. The van der Waals surface area contributed by atoms with Crippen LogP contribution < -0.4 is 5.32 Å². The number of hydrogen-bond donors (Lipinski definition) is 1. The van der Waals surface area contributed by atoms with Crippen molar-refractivity contribution < 1.29 is 9.18 Å². The van der Waals surface area contributed by atoms with Crippen LogP contribution in [0.3, 0.4) is 0 Å². The molecule has 0 saturated carbocycles. The second kappa shape index (κ2) is 7.90. The van der Waals surface area contributed by atoms with Crippen molar-refractivity contribution in [2.75, 3.05) is 18.9 Å². The number of hydrogen-bond acceptors (Lipinski definition) is 2. The van der Waals surface area contributed by atoms with Crippen LogP contribution >= 0.6 is 27.5 Å². The number of benzene rings is 2. The van der Waals surface area contributed by atoms with E-state index in [0.29, 0.717) is 10.6 Å². The van der Waals surface area contributed by atoms with Gasteiger partial charge in [-0.1, -0.05) is 33.6 Å². The van der Waals surface area contributed by atoms with E-state index in [1.807, 2.05) is 25.1 Å². The molecule has 0 spiro atoms. The molecular formula is C17H17BrClFN2O. The molecule has 0 aliphatic rings. The highest BCUT2D eigenvalue weighted by molar-refractivity contribution is 9.10. The van der Waals surface area contributed by atoms with Crippen molar-refractivity contribution in [2.24, 2.45) is 0 Å². The number of amides is 1. The minimum absolute atomic E-state index is 0.139. The minimum atomic E-state index is -0.367. The second-order valence-electron chi connectivity index (χ2n) is 5.38. The molecule has 2 aromatic rings. The van der Waals surface area contributed by atoms with E-state index in [-0.39, 0.29) is 24.8 Å². The molecule has 0 aliphatic heterocycles. The Morgan fingerprint density at radius 1 is 1.35 bits per heavy atom. The summed E-state index contributed by atoms with van der Waals surface area (Å²) in [5.74, 6) is -0.529. The van der Waals surface area contributed by atoms with Gasteiger partial charge in [-0.15, -0.1) is 0 Å². The highest BCUT2D eigenvalue weighted by atomic mass is 79.9. The van der Waals surface area contributed by atoms with Gasteiger partial charge >= 0.3 is 0 Å². The van der Waals surface area contributed by atoms with E-state index in [0.717, 1.165) is 15.7 Å². The van der Waals surface area contributed by atoms with E-state index in [4.69, 9.17) is 11.6 Å². The Morgan fingerprint density at radius 2 is 2.09 bits per heavy atom. The zero-order chi connectivity index (χ0) is 17.0. The molecule has 3 nitrogen and oxygen atoms in total. The van der Waals surface area contributed by atoms with Gasteiger partial charge < -0.3 is 5.32 Å².